The maximum Gasteiger partial charge on any atom is 0.269 e. The summed E-state index contributed by atoms with van der Waals surface area (Å²) in [7, 11) is 0. The van der Waals surface area contributed by atoms with Gasteiger partial charge in [-0.3, -0.25) is 19.8 Å². The van der Waals surface area contributed by atoms with Crippen LogP contribution < -0.4 is 4.90 Å². The average Bonchev–Trinajstić information content (AvgIpc) is 3.05. The Hall–Kier alpha value is -3.99. The van der Waals surface area contributed by atoms with Crippen LogP contribution in [0.3, 0.4) is 0 Å². The second-order valence-corrected chi connectivity index (χ2v) is 7.27. The molecular formula is C25H20N2O3. The summed E-state index contributed by atoms with van der Waals surface area (Å²) in [6.45, 7) is 4.00. The summed E-state index contributed by atoms with van der Waals surface area (Å²) in [5.41, 5.74) is 6.02. The Labute approximate surface area is 174 Å². The minimum Gasteiger partial charge on any atom is -0.276 e. The van der Waals surface area contributed by atoms with Crippen LogP contribution in [-0.2, 0) is 4.79 Å². The Bertz CT molecular complexity index is 1190. The molecule has 30 heavy (non-hydrogen) atoms. The van der Waals surface area contributed by atoms with Gasteiger partial charge < -0.3 is 0 Å². The topological polar surface area (TPSA) is 63.5 Å². The van der Waals surface area contributed by atoms with Gasteiger partial charge >= 0.3 is 0 Å². The van der Waals surface area contributed by atoms with Crippen LogP contribution in [0, 0.1) is 24.0 Å². The molecule has 0 radical (unpaired) electrons. The molecule has 0 atom stereocenters. The van der Waals surface area contributed by atoms with Gasteiger partial charge in [-0.05, 0) is 60.9 Å². The number of para-hydroxylation sites is 1. The van der Waals surface area contributed by atoms with E-state index < -0.39 is 4.92 Å². The first kappa shape index (κ1) is 19.3. The number of benzene rings is 3. The zero-order valence-electron chi connectivity index (χ0n) is 16.7. The van der Waals surface area contributed by atoms with Crippen LogP contribution in [0.4, 0.5) is 11.4 Å². The van der Waals surface area contributed by atoms with Crippen molar-refractivity contribution in [3.05, 3.63) is 117 Å². The maximum absolute atomic E-state index is 13.4. The van der Waals surface area contributed by atoms with Crippen molar-refractivity contribution < 1.29 is 9.72 Å². The number of aryl methyl sites for hydroxylation is 2. The SMILES string of the molecule is Cc1ccc(C2=C/C(=C\c3ccc([N+](=O)[O-])cc3)C(=O)N2c2ccccc2C)cc1. The molecule has 1 amide bonds. The summed E-state index contributed by atoms with van der Waals surface area (Å²) in [6, 6.07) is 22.0. The lowest BCUT2D eigenvalue weighted by molar-refractivity contribution is -0.384. The van der Waals surface area contributed by atoms with E-state index in [0.717, 1.165) is 33.6 Å². The van der Waals surface area contributed by atoms with Gasteiger partial charge in [0.25, 0.3) is 11.6 Å². The highest BCUT2D eigenvalue weighted by molar-refractivity contribution is 6.23. The number of anilines is 1. The van der Waals surface area contributed by atoms with Gasteiger partial charge in [0.15, 0.2) is 0 Å². The van der Waals surface area contributed by atoms with Crippen LogP contribution in [0.1, 0.15) is 22.3 Å². The number of rotatable bonds is 4. The van der Waals surface area contributed by atoms with Crippen LogP contribution in [0.2, 0.25) is 0 Å². The lowest BCUT2D eigenvalue weighted by Gasteiger charge is -2.22. The molecule has 1 heterocycles. The summed E-state index contributed by atoms with van der Waals surface area (Å²) in [4.78, 5) is 25.6. The van der Waals surface area contributed by atoms with Crippen LogP contribution >= 0.6 is 0 Å². The lowest BCUT2D eigenvalue weighted by Crippen LogP contribution is -2.25. The maximum atomic E-state index is 13.4. The van der Waals surface area contributed by atoms with E-state index in [2.05, 4.69) is 0 Å². The number of non-ortho nitro benzene ring substituents is 1. The van der Waals surface area contributed by atoms with Crippen LogP contribution in [0.15, 0.2) is 84.4 Å². The van der Waals surface area contributed by atoms with Gasteiger partial charge in [0.2, 0.25) is 0 Å². The Morgan fingerprint density at radius 3 is 2.20 bits per heavy atom. The minimum absolute atomic E-state index is 0.0207. The lowest BCUT2D eigenvalue weighted by atomic mass is 10.1. The van der Waals surface area contributed by atoms with Gasteiger partial charge in [-0.15, -0.1) is 0 Å². The largest absolute Gasteiger partial charge is 0.276 e. The Morgan fingerprint density at radius 2 is 1.57 bits per heavy atom. The van der Waals surface area contributed by atoms with Gasteiger partial charge in [0.05, 0.1) is 16.3 Å². The quantitative estimate of drug-likeness (QED) is 0.324. The van der Waals surface area contributed by atoms with Crippen LogP contribution in [0.25, 0.3) is 11.8 Å². The molecular weight excluding hydrogens is 376 g/mol. The van der Waals surface area contributed by atoms with Crippen molar-refractivity contribution in [3.63, 3.8) is 0 Å². The highest BCUT2D eigenvalue weighted by atomic mass is 16.6. The molecule has 5 heteroatoms. The molecule has 1 aliphatic heterocycles. The normalized spacial score (nSPS) is 14.9. The van der Waals surface area contributed by atoms with E-state index in [-0.39, 0.29) is 11.6 Å². The molecule has 0 unspecified atom stereocenters. The molecule has 148 valence electrons. The van der Waals surface area contributed by atoms with Gasteiger partial charge in [0, 0.05) is 17.7 Å². The molecule has 5 nitrogen and oxygen atoms in total. The molecule has 0 fully saturated rings. The highest BCUT2D eigenvalue weighted by Gasteiger charge is 2.31. The number of carbonyl (C=O) groups is 1. The van der Waals surface area contributed by atoms with E-state index in [4.69, 9.17) is 0 Å². The smallest absolute Gasteiger partial charge is 0.269 e. The van der Waals surface area contributed by atoms with Gasteiger partial charge in [-0.2, -0.15) is 0 Å². The number of hydrogen-bond acceptors (Lipinski definition) is 3. The number of amides is 1. The third kappa shape index (κ3) is 3.65. The summed E-state index contributed by atoms with van der Waals surface area (Å²) >= 11 is 0. The highest BCUT2D eigenvalue weighted by Crippen LogP contribution is 2.36. The summed E-state index contributed by atoms with van der Waals surface area (Å²) in [5, 5.41) is 10.9. The predicted octanol–water partition coefficient (Wildman–Crippen LogP) is 5.68. The van der Waals surface area contributed by atoms with E-state index in [1.807, 2.05) is 68.5 Å². The summed E-state index contributed by atoms with van der Waals surface area (Å²) < 4.78 is 0. The molecule has 0 saturated carbocycles. The van der Waals surface area contributed by atoms with Gasteiger partial charge in [-0.25, -0.2) is 0 Å². The van der Waals surface area contributed by atoms with Crippen LogP contribution in [-0.4, -0.2) is 10.8 Å². The van der Waals surface area contributed by atoms with E-state index in [1.165, 1.54) is 12.1 Å². The predicted molar refractivity (Wildman–Crippen MR) is 119 cm³/mol. The Balaban J connectivity index is 1.80. The van der Waals surface area contributed by atoms with Crippen molar-refractivity contribution in [2.24, 2.45) is 0 Å². The molecule has 0 saturated heterocycles. The standard InChI is InChI=1S/C25H20N2O3/c1-17-7-11-20(12-8-17)24-16-21(15-19-9-13-22(14-10-19)27(29)30)25(28)26(24)23-6-4-3-5-18(23)2/h3-16H,1-2H3/b21-15+. The third-order valence-corrected chi connectivity index (χ3v) is 5.11. The monoisotopic (exact) mass is 396 g/mol. The van der Waals surface area contributed by atoms with E-state index in [9.17, 15) is 14.9 Å². The van der Waals surface area contributed by atoms with Crippen molar-refractivity contribution in [3.8, 4) is 0 Å². The van der Waals surface area contributed by atoms with E-state index >= 15 is 0 Å². The van der Waals surface area contributed by atoms with Crippen molar-refractivity contribution >= 4 is 29.1 Å². The molecule has 1 aliphatic rings. The molecule has 0 spiro atoms. The Kier molecular flexibility index (Phi) is 5.02. The fraction of sp³-hybridized carbons (Fsp3) is 0.0800. The zero-order valence-corrected chi connectivity index (χ0v) is 16.7. The first-order valence-corrected chi connectivity index (χ1v) is 9.59. The number of nitro benzene ring substituents is 1. The first-order valence-electron chi connectivity index (χ1n) is 9.59. The summed E-state index contributed by atoms with van der Waals surface area (Å²) in [5.74, 6) is -0.127. The molecule has 0 bridgehead atoms. The van der Waals surface area contributed by atoms with E-state index in [1.54, 1.807) is 23.1 Å². The minimum atomic E-state index is -0.438. The number of hydrogen-bond donors (Lipinski definition) is 0. The van der Waals surface area contributed by atoms with Gasteiger partial charge in [-0.1, -0.05) is 48.0 Å². The first-order chi connectivity index (χ1) is 14.4. The fourth-order valence-electron chi connectivity index (χ4n) is 3.48. The molecule has 0 N–H and O–H groups in total. The van der Waals surface area contributed by atoms with Crippen molar-refractivity contribution in [1.82, 2.24) is 0 Å². The number of nitrogens with zero attached hydrogens (tertiary/aromatic N) is 2. The molecule has 4 rings (SSSR count). The van der Waals surface area contributed by atoms with Crippen molar-refractivity contribution in [2.75, 3.05) is 4.90 Å². The number of carbonyl (C=O) groups excluding carboxylic acids is 1. The zero-order chi connectivity index (χ0) is 21.3. The summed E-state index contributed by atoms with van der Waals surface area (Å²) in [6.07, 6.45) is 3.64. The molecule has 3 aromatic rings. The number of nitro groups is 1. The fourth-order valence-corrected chi connectivity index (χ4v) is 3.48. The second-order valence-electron chi connectivity index (χ2n) is 7.27. The van der Waals surface area contributed by atoms with Crippen molar-refractivity contribution in [1.29, 1.82) is 0 Å². The second kappa shape index (κ2) is 7.79. The van der Waals surface area contributed by atoms with Crippen molar-refractivity contribution in [2.45, 2.75) is 13.8 Å². The third-order valence-electron chi connectivity index (χ3n) is 5.11. The molecule has 3 aromatic carbocycles. The average molecular weight is 396 g/mol. The molecule has 0 aromatic heterocycles. The van der Waals surface area contributed by atoms with E-state index in [0.29, 0.717) is 5.57 Å². The molecule has 0 aliphatic carbocycles. The Morgan fingerprint density at radius 1 is 0.900 bits per heavy atom. The van der Waals surface area contributed by atoms with Gasteiger partial charge in [0.1, 0.15) is 0 Å². The van der Waals surface area contributed by atoms with Crippen LogP contribution in [0.5, 0.6) is 0 Å².